The molecular formula is C28H24ClF3N2O2. The summed E-state index contributed by atoms with van der Waals surface area (Å²) in [7, 11) is 0. The van der Waals surface area contributed by atoms with Gasteiger partial charge in [0.25, 0.3) is 0 Å². The van der Waals surface area contributed by atoms with E-state index in [1.165, 1.54) is 0 Å². The molecule has 2 heterocycles. The number of aliphatic hydroxyl groups excluding tert-OH is 1. The van der Waals surface area contributed by atoms with Crippen LogP contribution in [0, 0.1) is 11.8 Å². The number of hydrogen-bond acceptors (Lipinski definition) is 4. The van der Waals surface area contributed by atoms with E-state index in [1.54, 1.807) is 11.1 Å². The number of hydrogen-bond donors (Lipinski definition) is 2. The van der Waals surface area contributed by atoms with Crippen molar-refractivity contribution in [3.63, 3.8) is 0 Å². The number of benzene rings is 2. The number of rotatable bonds is 4. The lowest BCUT2D eigenvalue weighted by Gasteiger charge is -2.42. The highest BCUT2D eigenvalue weighted by Gasteiger charge is 2.59. The summed E-state index contributed by atoms with van der Waals surface area (Å²) in [5.41, 5.74) is 1.34. The molecule has 3 aromatic rings. The molecule has 4 nitrogen and oxygen atoms in total. The Morgan fingerprint density at radius 2 is 1.72 bits per heavy atom. The van der Waals surface area contributed by atoms with Gasteiger partial charge in [0.15, 0.2) is 5.60 Å². The summed E-state index contributed by atoms with van der Waals surface area (Å²) in [5.74, 6) is 6.13. The lowest BCUT2D eigenvalue weighted by molar-refractivity contribution is -0.302. The zero-order valence-corrected chi connectivity index (χ0v) is 20.0. The van der Waals surface area contributed by atoms with E-state index in [-0.39, 0.29) is 13.1 Å². The Hall–Kier alpha value is -3.15. The minimum atomic E-state index is -4.85. The maximum absolute atomic E-state index is 13.0. The predicted octanol–water partition coefficient (Wildman–Crippen LogP) is 5.18. The van der Waals surface area contributed by atoms with E-state index in [4.69, 9.17) is 11.6 Å². The topological polar surface area (TPSA) is 56.6 Å². The molecular weight excluding hydrogens is 489 g/mol. The molecule has 0 spiro atoms. The van der Waals surface area contributed by atoms with Gasteiger partial charge in [-0.25, -0.2) is 4.98 Å². The van der Waals surface area contributed by atoms with E-state index in [0.29, 0.717) is 17.3 Å². The highest BCUT2D eigenvalue weighted by molar-refractivity contribution is 6.30. The molecule has 8 heteroatoms. The molecule has 186 valence electrons. The SMILES string of the molecule is O[C@@H]1CN(C/C=C/c2ccc(C#Cc3ccc(-c4ccc(Cl)cc4)cn3)cc2)CC[C@]1(O)C(F)(F)F. The number of nitrogens with zero attached hydrogens (tertiary/aromatic N) is 2. The van der Waals surface area contributed by atoms with Crippen molar-refractivity contribution in [1.29, 1.82) is 0 Å². The maximum atomic E-state index is 13.0. The number of piperidine rings is 1. The van der Waals surface area contributed by atoms with Crippen LogP contribution < -0.4 is 0 Å². The lowest BCUT2D eigenvalue weighted by Crippen LogP contribution is -2.62. The van der Waals surface area contributed by atoms with E-state index in [2.05, 4.69) is 16.8 Å². The number of aliphatic hydroxyl groups is 2. The summed E-state index contributed by atoms with van der Waals surface area (Å²) >= 11 is 5.93. The van der Waals surface area contributed by atoms with Gasteiger partial charge in [0, 0.05) is 48.4 Å². The number of alkyl halides is 3. The molecule has 0 unspecified atom stereocenters. The quantitative estimate of drug-likeness (QED) is 0.473. The second kappa shape index (κ2) is 10.9. The lowest BCUT2D eigenvalue weighted by atomic mass is 9.88. The third-order valence-corrected chi connectivity index (χ3v) is 6.39. The first-order valence-electron chi connectivity index (χ1n) is 11.3. The van der Waals surface area contributed by atoms with Crippen molar-refractivity contribution in [2.75, 3.05) is 19.6 Å². The first-order valence-corrected chi connectivity index (χ1v) is 11.7. The van der Waals surface area contributed by atoms with Crippen LogP contribution in [0.2, 0.25) is 5.02 Å². The highest BCUT2D eigenvalue weighted by atomic mass is 35.5. The van der Waals surface area contributed by atoms with Crippen molar-refractivity contribution in [3.05, 3.63) is 94.8 Å². The predicted molar refractivity (Wildman–Crippen MR) is 134 cm³/mol. The fourth-order valence-corrected chi connectivity index (χ4v) is 4.04. The maximum Gasteiger partial charge on any atom is 0.419 e. The average molecular weight is 513 g/mol. The van der Waals surface area contributed by atoms with Crippen molar-refractivity contribution in [2.45, 2.75) is 24.3 Å². The largest absolute Gasteiger partial charge is 0.419 e. The van der Waals surface area contributed by atoms with Gasteiger partial charge >= 0.3 is 6.18 Å². The van der Waals surface area contributed by atoms with Gasteiger partial charge < -0.3 is 10.2 Å². The number of halogens is 4. The first-order chi connectivity index (χ1) is 17.1. The molecule has 0 amide bonds. The Balaban J connectivity index is 1.30. The van der Waals surface area contributed by atoms with Crippen LogP contribution in [0.1, 0.15) is 23.2 Å². The Labute approximate surface area is 212 Å². The molecule has 2 N–H and O–H groups in total. The fourth-order valence-electron chi connectivity index (χ4n) is 3.91. The summed E-state index contributed by atoms with van der Waals surface area (Å²) in [6.45, 7) is 0.161. The highest BCUT2D eigenvalue weighted by Crippen LogP contribution is 2.38. The van der Waals surface area contributed by atoms with Crippen LogP contribution in [0.15, 0.2) is 72.9 Å². The van der Waals surface area contributed by atoms with Gasteiger partial charge in [-0.15, -0.1) is 0 Å². The second-order valence-electron chi connectivity index (χ2n) is 8.66. The third-order valence-electron chi connectivity index (χ3n) is 6.14. The molecule has 0 bridgehead atoms. The number of β-amino-alcohol motifs (C(OH)–C–C–N with tert-alkyl or cyclic N) is 1. The number of likely N-dealkylation sites (tertiary alicyclic amines) is 1. The van der Waals surface area contributed by atoms with Crippen molar-refractivity contribution < 1.29 is 23.4 Å². The monoisotopic (exact) mass is 512 g/mol. The average Bonchev–Trinajstić information content (AvgIpc) is 2.86. The Bertz CT molecular complexity index is 1260. The molecule has 2 atom stereocenters. The number of aromatic nitrogens is 1. The van der Waals surface area contributed by atoms with Crippen LogP contribution >= 0.6 is 11.6 Å². The first kappa shape index (κ1) is 25.9. The number of pyridine rings is 1. The van der Waals surface area contributed by atoms with Crippen LogP contribution in [0.3, 0.4) is 0 Å². The van der Waals surface area contributed by atoms with Crippen LogP contribution in [-0.2, 0) is 0 Å². The van der Waals surface area contributed by atoms with Gasteiger partial charge in [0.1, 0.15) is 11.8 Å². The normalized spacial score (nSPS) is 20.8. The van der Waals surface area contributed by atoms with Gasteiger partial charge in [-0.05, 0) is 47.4 Å². The van der Waals surface area contributed by atoms with Gasteiger partial charge in [0.05, 0.1) is 0 Å². The molecule has 1 aromatic heterocycles. The summed E-state index contributed by atoms with van der Waals surface area (Å²) in [6, 6.07) is 18.9. The van der Waals surface area contributed by atoms with Crippen LogP contribution in [-0.4, -0.2) is 57.6 Å². The zero-order valence-electron chi connectivity index (χ0n) is 19.2. The summed E-state index contributed by atoms with van der Waals surface area (Å²) in [6.07, 6.45) is -1.84. The van der Waals surface area contributed by atoms with Crippen molar-refractivity contribution in [1.82, 2.24) is 9.88 Å². The fraction of sp³-hybridized carbons (Fsp3) is 0.250. The molecule has 1 aliphatic rings. The molecule has 4 rings (SSSR count). The molecule has 0 aliphatic carbocycles. The van der Waals surface area contributed by atoms with E-state index in [0.717, 1.165) is 22.3 Å². The van der Waals surface area contributed by atoms with Crippen molar-refractivity contribution >= 4 is 17.7 Å². The molecule has 1 saturated heterocycles. The van der Waals surface area contributed by atoms with E-state index in [1.807, 2.05) is 72.8 Å². The Morgan fingerprint density at radius 3 is 2.33 bits per heavy atom. The standard InChI is InChI=1S/C28H24ClF3N2O2/c29-24-11-8-22(9-12-24)23-10-14-25(33-18-23)13-7-21-5-3-20(4-6-21)2-1-16-34-17-15-27(36,26(35)19-34)28(30,31)32/h1-6,8-12,14,18,26,35-36H,15-17,19H2/b2-1+/t26-,27-/m1/s1. The smallest absolute Gasteiger partial charge is 0.388 e. The van der Waals surface area contributed by atoms with Crippen molar-refractivity contribution in [2.24, 2.45) is 0 Å². The molecule has 1 aliphatic heterocycles. The molecule has 1 fully saturated rings. The summed E-state index contributed by atoms with van der Waals surface area (Å²) in [5, 5.41) is 20.3. The van der Waals surface area contributed by atoms with Gasteiger partial charge in [-0.1, -0.05) is 60.0 Å². The summed E-state index contributed by atoms with van der Waals surface area (Å²) < 4.78 is 39.0. The van der Waals surface area contributed by atoms with Gasteiger partial charge in [0.2, 0.25) is 0 Å². The molecule has 36 heavy (non-hydrogen) atoms. The minimum absolute atomic E-state index is 0.0423. The van der Waals surface area contributed by atoms with E-state index < -0.39 is 24.3 Å². The van der Waals surface area contributed by atoms with E-state index >= 15 is 0 Å². The van der Waals surface area contributed by atoms with Crippen LogP contribution in [0.5, 0.6) is 0 Å². The van der Waals surface area contributed by atoms with Gasteiger partial charge in [-0.2, -0.15) is 13.2 Å². The van der Waals surface area contributed by atoms with Crippen molar-refractivity contribution in [3.8, 4) is 23.0 Å². The summed E-state index contributed by atoms with van der Waals surface area (Å²) in [4.78, 5) is 6.08. The zero-order chi connectivity index (χ0) is 25.8. The Kier molecular flexibility index (Phi) is 7.82. The Morgan fingerprint density at radius 1 is 1.03 bits per heavy atom. The van der Waals surface area contributed by atoms with Crippen LogP contribution in [0.25, 0.3) is 17.2 Å². The molecule has 0 radical (unpaired) electrons. The molecule has 2 aromatic carbocycles. The van der Waals surface area contributed by atoms with Crippen LogP contribution in [0.4, 0.5) is 13.2 Å². The second-order valence-corrected chi connectivity index (χ2v) is 9.10. The van der Waals surface area contributed by atoms with E-state index in [9.17, 15) is 23.4 Å². The van der Waals surface area contributed by atoms with Gasteiger partial charge in [-0.3, -0.25) is 4.90 Å². The molecule has 0 saturated carbocycles. The minimum Gasteiger partial charge on any atom is -0.388 e. The third kappa shape index (κ3) is 6.15.